The summed E-state index contributed by atoms with van der Waals surface area (Å²) in [6.07, 6.45) is 1.99. The molecule has 0 aromatic heterocycles. The van der Waals surface area contributed by atoms with Gasteiger partial charge in [-0.15, -0.1) is 0 Å². The van der Waals surface area contributed by atoms with Gasteiger partial charge in [0.15, 0.2) is 17.6 Å². The van der Waals surface area contributed by atoms with E-state index in [4.69, 9.17) is 14.6 Å². The van der Waals surface area contributed by atoms with E-state index in [1.54, 1.807) is 18.2 Å². The van der Waals surface area contributed by atoms with Gasteiger partial charge in [0.25, 0.3) is 5.91 Å². The van der Waals surface area contributed by atoms with E-state index in [0.717, 1.165) is 25.4 Å². The molecule has 0 radical (unpaired) electrons. The number of hydrogen-bond acceptors (Lipinski definition) is 5. The first kappa shape index (κ1) is 14.8. The van der Waals surface area contributed by atoms with Crippen molar-refractivity contribution in [1.82, 2.24) is 10.2 Å². The maximum atomic E-state index is 12.5. The van der Waals surface area contributed by atoms with Gasteiger partial charge < -0.3 is 24.8 Å². The van der Waals surface area contributed by atoms with E-state index in [9.17, 15) is 4.79 Å². The van der Waals surface area contributed by atoms with Crippen molar-refractivity contribution in [3.8, 4) is 11.5 Å². The second kappa shape index (κ2) is 6.02. The molecule has 4 rings (SSSR count). The van der Waals surface area contributed by atoms with Crippen LogP contribution < -0.4 is 14.8 Å². The summed E-state index contributed by atoms with van der Waals surface area (Å²) in [5.74, 6) is 1.81. The summed E-state index contributed by atoms with van der Waals surface area (Å²) in [5.41, 5.74) is 0.586. The molecule has 2 saturated heterocycles. The van der Waals surface area contributed by atoms with E-state index < -0.39 is 0 Å². The van der Waals surface area contributed by atoms with Crippen molar-refractivity contribution in [1.29, 1.82) is 0 Å². The summed E-state index contributed by atoms with van der Waals surface area (Å²) in [6, 6.07) is 5.43. The van der Waals surface area contributed by atoms with Crippen molar-refractivity contribution in [3.05, 3.63) is 23.8 Å². The van der Waals surface area contributed by atoms with Crippen molar-refractivity contribution in [3.63, 3.8) is 0 Å². The Labute approximate surface area is 135 Å². The van der Waals surface area contributed by atoms with Crippen LogP contribution in [0.4, 0.5) is 0 Å². The maximum Gasteiger partial charge on any atom is 0.251 e. The van der Waals surface area contributed by atoms with Crippen molar-refractivity contribution >= 4 is 5.91 Å². The third-order valence-electron chi connectivity index (χ3n) is 4.93. The molecule has 6 heteroatoms. The molecule has 124 valence electrons. The van der Waals surface area contributed by atoms with Crippen molar-refractivity contribution in [2.75, 3.05) is 32.8 Å². The first-order valence-electron chi connectivity index (χ1n) is 8.29. The Bertz CT molecular complexity index is 594. The van der Waals surface area contributed by atoms with Gasteiger partial charge in [-0.2, -0.15) is 0 Å². The van der Waals surface area contributed by atoms with Gasteiger partial charge in [-0.3, -0.25) is 4.79 Å². The highest BCUT2D eigenvalue weighted by Gasteiger charge is 2.33. The number of fused-ring (bicyclic) bond motifs is 3. The molecular weight excluding hydrogens is 296 g/mol. The number of ether oxygens (including phenoxy) is 2. The smallest absolute Gasteiger partial charge is 0.251 e. The fourth-order valence-corrected chi connectivity index (χ4v) is 3.78. The van der Waals surface area contributed by atoms with Crippen LogP contribution >= 0.6 is 0 Å². The van der Waals surface area contributed by atoms with Gasteiger partial charge in [0.1, 0.15) is 6.61 Å². The van der Waals surface area contributed by atoms with Crippen molar-refractivity contribution < 1.29 is 19.4 Å². The molecule has 0 saturated carbocycles. The molecule has 0 aliphatic carbocycles. The van der Waals surface area contributed by atoms with E-state index in [0.29, 0.717) is 23.7 Å². The highest BCUT2D eigenvalue weighted by Crippen LogP contribution is 2.33. The molecule has 6 nitrogen and oxygen atoms in total. The lowest BCUT2D eigenvalue weighted by molar-refractivity contribution is 0.0455. The number of piperidine rings is 1. The summed E-state index contributed by atoms with van der Waals surface area (Å²) in [6.45, 7) is 3.51. The third kappa shape index (κ3) is 3.01. The zero-order valence-corrected chi connectivity index (χ0v) is 13.0. The molecule has 2 fully saturated rings. The first-order chi connectivity index (χ1) is 11.2. The molecule has 2 bridgehead atoms. The number of benzene rings is 1. The number of carbonyl (C=O) groups excluding carboxylic acids is 1. The number of amides is 1. The van der Waals surface area contributed by atoms with Gasteiger partial charge in [0.2, 0.25) is 0 Å². The highest BCUT2D eigenvalue weighted by molar-refractivity contribution is 5.95. The summed E-state index contributed by atoms with van der Waals surface area (Å²) < 4.78 is 11.2. The maximum absolute atomic E-state index is 12.5. The number of aliphatic hydroxyl groups is 1. The predicted molar refractivity (Wildman–Crippen MR) is 83.9 cm³/mol. The summed E-state index contributed by atoms with van der Waals surface area (Å²) in [5, 5.41) is 12.3. The fraction of sp³-hybridized carbons (Fsp3) is 0.588. The van der Waals surface area contributed by atoms with Crippen molar-refractivity contribution in [2.24, 2.45) is 5.92 Å². The second-order valence-corrected chi connectivity index (χ2v) is 6.72. The van der Waals surface area contributed by atoms with Crippen LogP contribution in [0.2, 0.25) is 0 Å². The molecule has 4 atom stereocenters. The minimum atomic E-state index is -0.339. The van der Waals surface area contributed by atoms with Gasteiger partial charge in [0, 0.05) is 24.7 Å². The van der Waals surface area contributed by atoms with Crippen LogP contribution in [0, 0.1) is 5.92 Å². The number of aliphatic hydroxyl groups excluding tert-OH is 1. The minimum absolute atomic E-state index is 0.0619. The Morgan fingerprint density at radius 1 is 1.35 bits per heavy atom. The summed E-state index contributed by atoms with van der Waals surface area (Å²) in [7, 11) is 0. The number of hydrogen-bond donors (Lipinski definition) is 2. The van der Waals surface area contributed by atoms with Crippen LogP contribution in [-0.4, -0.2) is 60.9 Å². The molecule has 3 aliphatic heterocycles. The van der Waals surface area contributed by atoms with E-state index in [-0.39, 0.29) is 24.7 Å². The first-order valence-corrected chi connectivity index (χ1v) is 8.29. The highest BCUT2D eigenvalue weighted by atomic mass is 16.6. The molecule has 2 N–H and O–H groups in total. The standard InChI is InChI=1S/C17H22N2O4/c20-9-14-10-22-16-6-12(1-2-15(16)23-14)17(21)18-13-5-11-3-4-19(7-11)8-13/h1-2,6,11,13-14,20H,3-5,7-10H2,(H,18,21)/t11-,13-,14-/m0/s1. The van der Waals surface area contributed by atoms with Crippen molar-refractivity contribution in [2.45, 2.75) is 25.0 Å². The fourth-order valence-electron chi connectivity index (χ4n) is 3.78. The van der Waals surface area contributed by atoms with E-state index in [2.05, 4.69) is 10.2 Å². The van der Waals surface area contributed by atoms with Gasteiger partial charge >= 0.3 is 0 Å². The quantitative estimate of drug-likeness (QED) is 0.856. The van der Waals surface area contributed by atoms with Crippen LogP contribution in [-0.2, 0) is 0 Å². The Balaban J connectivity index is 1.43. The zero-order chi connectivity index (χ0) is 15.8. The molecule has 1 aromatic rings. The SMILES string of the molecule is O=C(N[C@H]1C[C@@H]2CCN(C2)C1)c1ccc2c(c1)OC[C@H](CO)O2. The van der Waals surface area contributed by atoms with Crippen LogP contribution in [0.25, 0.3) is 0 Å². The topological polar surface area (TPSA) is 71.0 Å². The molecule has 23 heavy (non-hydrogen) atoms. The molecule has 3 heterocycles. The van der Waals surface area contributed by atoms with Gasteiger partial charge in [-0.1, -0.05) is 0 Å². The monoisotopic (exact) mass is 318 g/mol. The lowest BCUT2D eigenvalue weighted by Gasteiger charge is -2.30. The Kier molecular flexibility index (Phi) is 3.87. The van der Waals surface area contributed by atoms with E-state index in [1.165, 1.54) is 13.0 Å². The van der Waals surface area contributed by atoms with Gasteiger partial charge in [0.05, 0.1) is 6.61 Å². The minimum Gasteiger partial charge on any atom is -0.486 e. The van der Waals surface area contributed by atoms with Crippen LogP contribution in [0.3, 0.4) is 0 Å². The third-order valence-corrected chi connectivity index (χ3v) is 4.93. The van der Waals surface area contributed by atoms with Crippen LogP contribution in [0.15, 0.2) is 18.2 Å². The lowest BCUT2D eigenvalue weighted by atomic mass is 9.96. The summed E-state index contributed by atoms with van der Waals surface area (Å²) in [4.78, 5) is 14.9. The van der Waals surface area contributed by atoms with Crippen LogP contribution in [0.1, 0.15) is 23.2 Å². The van der Waals surface area contributed by atoms with Gasteiger partial charge in [-0.05, 0) is 43.5 Å². The Morgan fingerprint density at radius 3 is 3.09 bits per heavy atom. The summed E-state index contributed by atoms with van der Waals surface area (Å²) >= 11 is 0. The van der Waals surface area contributed by atoms with E-state index >= 15 is 0 Å². The van der Waals surface area contributed by atoms with E-state index in [1.807, 2.05) is 0 Å². The number of nitrogens with zero attached hydrogens (tertiary/aromatic N) is 1. The average Bonchev–Trinajstić information content (AvgIpc) is 2.92. The van der Waals surface area contributed by atoms with Gasteiger partial charge in [-0.25, -0.2) is 0 Å². The lowest BCUT2D eigenvalue weighted by Crippen LogP contribution is -2.47. The molecule has 0 spiro atoms. The Morgan fingerprint density at radius 2 is 2.26 bits per heavy atom. The molecule has 1 amide bonds. The van der Waals surface area contributed by atoms with Crippen LogP contribution in [0.5, 0.6) is 11.5 Å². The normalized spacial score (nSPS) is 31.7. The molecular formula is C17H22N2O4. The molecule has 3 aliphatic rings. The second-order valence-electron chi connectivity index (χ2n) is 6.72. The zero-order valence-electron chi connectivity index (χ0n) is 13.0. The number of nitrogens with one attached hydrogen (secondary N) is 1. The average molecular weight is 318 g/mol. The Hall–Kier alpha value is -1.79. The predicted octanol–water partition coefficient (Wildman–Crippen LogP) is 0.643. The number of carbonyl (C=O) groups is 1. The number of rotatable bonds is 3. The largest absolute Gasteiger partial charge is 0.486 e. The molecule has 1 aromatic carbocycles. The molecule has 1 unspecified atom stereocenters.